The second kappa shape index (κ2) is 9.42. The van der Waals surface area contributed by atoms with Gasteiger partial charge in [0.2, 0.25) is 5.78 Å². The molecule has 0 amide bonds. The van der Waals surface area contributed by atoms with E-state index < -0.39 is 0 Å². The highest BCUT2D eigenvalue weighted by molar-refractivity contribution is 7.18. The number of carbonyl (C=O) groups is 1. The molecule has 6 rings (SSSR count). The van der Waals surface area contributed by atoms with Gasteiger partial charge in [0.15, 0.2) is 0 Å². The van der Waals surface area contributed by atoms with Gasteiger partial charge in [-0.15, -0.1) is 11.3 Å². The number of ether oxygens (including phenoxy) is 1. The number of rotatable bonds is 2. The van der Waals surface area contributed by atoms with E-state index in [1.165, 1.54) is 5.00 Å². The summed E-state index contributed by atoms with van der Waals surface area (Å²) in [7, 11) is 0. The first-order valence-electron chi connectivity index (χ1n) is 12.8. The SMILES string of the molecule is CC.CC1(C)c2cc(N3CCC(N4CCOCC4)CC3)sc2C(=O)c2c1[nH]c1cc(C#N)ccc21. The number of morpholine rings is 1. The van der Waals surface area contributed by atoms with Crippen LogP contribution in [0.4, 0.5) is 5.00 Å². The van der Waals surface area contributed by atoms with Crippen LogP contribution in [0.15, 0.2) is 24.3 Å². The van der Waals surface area contributed by atoms with Gasteiger partial charge in [0, 0.05) is 54.2 Å². The highest BCUT2D eigenvalue weighted by Gasteiger charge is 2.42. The van der Waals surface area contributed by atoms with Crippen LogP contribution < -0.4 is 4.90 Å². The van der Waals surface area contributed by atoms with E-state index in [1.807, 2.05) is 26.0 Å². The summed E-state index contributed by atoms with van der Waals surface area (Å²) < 4.78 is 5.52. The van der Waals surface area contributed by atoms with Crippen molar-refractivity contribution in [3.05, 3.63) is 51.5 Å². The Bertz CT molecular complexity index is 1280. The Morgan fingerprint density at radius 3 is 2.51 bits per heavy atom. The van der Waals surface area contributed by atoms with Gasteiger partial charge in [0.1, 0.15) is 0 Å². The molecule has 1 N–H and O–H groups in total. The fraction of sp³-hybridized carbons (Fsp3) is 0.500. The summed E-state index contributed by atoms with van der Waals surface area (Å²) >= 11 is 1.65. The van der Waals surface area contributed by atoms with Crippen molar-refractivity contribution in [1.82, 2.24) is 9.88 Å². The smallest absolute Gasteiger partial charge is 0.205 e. The highest BCUT2D eigenvalue weighted by Crippen LogP contribution is 2.48. The van der Waals surface area contributed by atoms with E-state index in [4.69, 9.17) is 4.74 Å². The quantitative estimate of drug-likeness (QED) is 0.528. The summed E-state index contributed by atoms with van der Waals surface area (Å²) in [6.45, 7) is 14.2. The van der Waals surface area contributed by atoms with Crippen LogP contribution in [0.1, 0.15) is 72.6 Å². The lowest BCUT2D eigenvalue weighted by molar-refractivity contribution is 0.0115. The van der Waals surface area contributed by atoms with E-state index in [0.717, 1.165) is 84.8 Å². The van der Waals surface area contributed by atoms with Crippen molar-refractivity contribution in [2.75, 3.05) is 44.3 Å². The molecule has 3 aliphatic rings. The van der Waals surface area contributed by atoms with Crippen LogP contribution in [0.3, 0.4) is 0 Å². The molecule has 0 saturated carbocycles. The van der Waals surface area contributed by atoms with Gasteiger partial charge in [-0.05, 0) is 36.6 Å². The molecule has 4 heterocycles. The number of thiophene rings is 1. The molecule has 2 fully saturated rings. The van der Waals surface area contributed by atoms with Gasteiger partial charge < -0.3 is 14.6 Å². The van der Waals surface area contributed by atoms with E-state index >= 15 is 0 Å². The number of hydrogen-bond donors (Lipinski definition) is 1. The number of nitriles is 1. The maximum absolute atomic E-state index is 13.7. The van der Waals surface area contributed by atoms with Crippen molar-refractivity contribution in [1.29, 1.82) is 5.26 Å². The number of ketones is 1. The van der Waals surface area contributed by atoms with E-state index in [-0.39, 0.29) is 11.2 Å². The van der Waals surface area contributed by atoms with Gasteiger partial charge in [0.05, 0.1) is 40.3 Å². The highest BCUT2D eigenvalue weighted by atomic mass is 32.1. The predicted octanol–water partition coefficient (Wildman–Crippen LogP) is 5.30. The third-order valence-electron chi connectivity index (χ3n) is 7.72. The Morgan fingerprint density at radius 1 is 1.11 bits per heavy atom. The van der Waals surface area contributed by atoms with Gasteiger partial charge >= 0.3 is 0 Å². The summed E-state index contributed by atoms with van der Waals surface area (Å²) in [5.74, 6) is 0.106. The zero-order valence-electron chi connectivity index (χ0n) is 21.1. The molecule has 6 nitrogen and oxygen atoms in total. The second-order valence-electron chi connectivity index (χ2n) is 9.90. The van der Waals surface area contributed by atoms with Crippen LogP contribution >= 0.6 is 11.3 Å². The molecular weight excluding hydrogens is 456 g/mol. The van der Waals surface area contributed by atoms with Gasteiger partial charge in [-0.3, -0.25) is 9.69 Å². The molecule has 0 spiro atoms. The molecular formula is C28H34N4O2S. The van der Waals surface area contributed by atoms with E-state index in [0.29, 0.717) is 11.6 Å². The van der Waals surface area contributed by atoms with E-state index in [9.17, 15) is 10.1 Å². The summed E-state index contributed by atoms with van der Waals surface area (Å²) in [6, 6.07) is 10.6. The van der Waals surface area contributed by atoms with Gasteiger partial charge in [-0.1, -0.05) is 33.8 Å². The minimum absolute atomic E-state index is 0.106. The molecule has 3 aromatic rings. The molecule has 35 heavy (non-hydrogen) atoms. The number of aromatic nitrogens is 1. The molecule has 1 aromatic carbocycles. The third kappa shape index (κ3) is 3.98. The number of nitrogens with zero attached hydrogens (tertiary/aromatic N) is 3. The van der Waals surface area contributed by atoms with Crippen molar-refractivity contribution in [3.8, 4) is 6.07 Å². The van der Waals surface area contributed by atoms with Crippen molar-refractivity contribution < 1.29 is 9.53 Å². The van der Waals surface area contributed by atoms with Crippen LogP contribution in [-0.4, -0.2) is 61.1 Å². The fourth-order valence-electron chi connectivity index (χ4n) is 5.78. The Morgan fingerprint density at radius 2 is 1.83 bits per heavy atom. The van der Waals surface area contributed by atoms with Crippen molar-refractivity contribution in [2.45, 2.75) is 52.0 Å². The molecule has 0 bridgehead atoms. The van der Waals surface area contributed by atoms with Crippen LogP contribution in [0, 0.1) is 11.3 Å². The molecule has 0 radical (unpaired) electrons. The lowest BCUT2D eigenvalue weighted by atomic mass is 9.74. The van der Waals surface area contributed by atoms with Crippen molar-refractivity contribution in [3.63, 3.8) is 0 Å². The number of anilines is 1. The average Bonchev–Trinajstić information content (AvgIpc) is 3.53. The topological polar surface area (TPSA) is 72.4 Å². The first-order chi connectivity index (χ1) is 17.0. The van der Waals surface area contributed by atoms with E-state index in [1.54, 1.807) is 17.4 Å². The lowest BCUT2D eigenvalue weighted by Crippen LogP contribution is -2.49. The Kier molecular flexibility index (Phi) is 6.47. The third-order valence-corrected chi connectivity index (χ3v) is 8.91. The lowest BCUT2D eigenvalue weighted by Gasteiger charge is -2.40. The molecule has 184 valence electrons. The number of hydrogen-bond acceptors (Lipinski definition) is 6. The average molecular weight is 491 g/mol. The number of fused-ring (bicyclic) bond motifs is 4. The Labute approximate surface area is 211 Å². The first-order valence-corrected chi connectivity index (χ1v) is 13.6. The van der Waals surface area contributed by atoms with Gasteiger partial charge in [-0.2, -0.15) is 5.26 Å². The summed E-state index contributed by atoms with van der Waals surface area (Å²) in [5.41, 5.74) is 4.00. The van der Waals surface area contributed by atoms with Crippen LogP contribution in [0.25, 0.3) is 10.9 Å². The number of nitrogens with one attached hydrogen (secondary N) is 1. The first kappa shape index (κ1) is 24.1. The van der Waals surface area contributed by atoms with Gasteiger partial charge in [-0.25, -0.2) is 0 Å². The minimum Gasteiger partial charge on any atom is -0.379 e. The largest absolute Gasteiger partial charge is 0.379 e. The molecule has 7 heteroatoms. The zero-order valence-corrected chi connectivity index (χ0v) is 21.9. The number of piperidine rings is 1. The predicted molar refractivity (Wildman–Crippen MR) is 142 cm³/mol. The Hall–Kier alpha value is -2.66. The number of benzene rings is 1. The second-order valence-corrected chi connectivity index (χ2v) is 10.9. The molecule has 2 aliphatic heterocycles. The molecule has 1 aliphatic carbocycles. The summed E-state index contributed by atoms with van der Waals surface area (Å²) in [6.07, 6.45) is 2.32. The zero-order chi connectivity index (χ0) is 24.7. The van der Waals surface area contributed by atoms with Crippen LogP contribution in [-0.2, 0) is 10.2 Å². The normalized spacial score (nSPS) is 20.1. The van der Waals surface area contributed by atoms with Crippen LogP contribution in [0.5, 0.6) is 0 Å². The Balaban J connectivity index is 0.00000124. The summed E-state index contributed by atoms with van der Waals surface area (Å²) in [5, 5.41) is 11.4. The van der Waals surface area contributed by atoms with E-state index in [2.05, 4.69) is 40.8 Å². The monoisotopic (exact) mass is 490 g/mol. The van der Waals surface area contributed by atoms with Gasteiger partial charge in [0.25, 0.3) is 0 Å². The maximum atomic E-state index is 13.7. The molecule has 0 atom stereocenters. The molecule has 2 aromatic heterocycles. The maximum Gasteiger partial charge on any atom is 0.205 e. The standard InChI is InChI=1S/C26H28N4O2S.C2H6/c1-26(2)19-14-21(30-7-5-17(6-8-30)29-9-11-32-12-10-29)33-24(19)23(31)22-18-4-3-16(15-27)13-20(18)28-25(22)26;1-2/h3-4,13-14,17,28H,5-12H2,1-2H3;1-2H3. The number of aromatic amines is 1. The number of carbonyl (C=O) groups excluding carboxylic acids is 1. The van der Waals surface area contributed by atoms with Crippen LogP contribution in [0.2, 0.25) is 0 Å². The summed E-state index contributed by atoms with van der Waals surface area (Å²) in [4.78, 5) is 23.1. The minimum atomic E-state index is -0.300. The molecule has 0 unspecified atom stereocenters. The number of H-pyrrole nitrogens is 1. The molecule has 2 saturated heterocycles. The van der Waals surface area contributed by atoms with Crippen molar-refractivity contribution in [2.24, 2.45) is 0 Å². The fourth-order valence-corrected chi connectivity index (χ4v) is 7.10. The van der Waals surface area contributed by atoms with Crippen molar-refractivity contribution >= 4 is 33.0 Å².